The van der Waals surface area contributed by atoms with Crippen molar-refractivity contribution in [3.05, 3.63) is 50.0 Å². The van der Waals surface area contributed by atoms with Crippen LogP contribution in [0.5, 0.6) is 5.88 Å². The van der Waals surface area contributed by atoms with Gasteiger partial charge in [0.1, 0.15) is 5.56 Å². The molecule has 7 heteroatoms. The molecule has 0 aliphatic heterocycles. The molecule has 0 aliphatic rings. The Morgan fingerprint density at radius 1 is 1.30 bits per heavy atom. The van der Waals surface area contributed by atoms with Crippen molar-refractivity contribution < 1.29 is 5.11 Å². The molecule has 6 nitrogen and oxygen atoms in total. The summed E-state index contributed by atoms with van der Waals surface area (Å²) in [6.07, 6.45) is 1.23. The second-order valence-corrected chi connectivity index (χ2v) is 4.75. The topological polar surface area (TPSA) is 93.3 Å². The molecule has 2 aromatic rings. The Balaban J connectivity index is 2.20. The second-order valence-electron chi connectivity index (χ2n) is 4.34. The molecular formula is C13H14N4O2S. The molecule has 0 fully saturated rings. The summed E-state index contributed by atoms with van der Waals surface area (Å²) < 4.78 is 0.0618. The molecule has 0 aliphatic carbocycles. The number of anilines is 1. The van der Waals surface area contributed by atoms with E-state index >= 15 is 0 Å². The molecule has 0 unspecified atom stereocenters. The van der Waals surface area contributed by atoms with Crippen molar-refractivity contribution in [1.82, 2.24) is 9.97 Å². The highest BCUT2D eigenvalue weighted by Gasteiger charge is 2.04. The van der Waals surface area contributed by atoms with Gasteiger partial charge in [-0.2, -0.15) is 5.10 Å². The van der Waals surface area contributed by atoms with E-state index in [1.807, 2.05) is 32.0 Å². The fourth-order valence-electron chi connectivity index (χ4n) is 1.59. The first kappa shape index (κ1) is 14.0. The summed E-state index contributed by atoms with van der Waals surface area (Å²) in [6, 6.07) is 5.79. The van der Waals surface area contributed by atoms with Crippen LogP contribution in [0.3, 0.4) is 0 Å². The van der Waals surface area contributed by atoms with Gasteiger partial charge in [-0.25, -0.2) is 0 Å². The summed E-state index contributed by atoms with van der Waals surface area (Å²) in [7, 11) is 0. The van der Waals surface area contributed by atoms with E-state index in [0.29, 0.717) is 0 Å². The summed E-state index contributed by atoms with van der Waals surface area (Å²) >= 11 is 4.73. The molecule has 0 saturated carbocycles. The third kappa shape index (κ3) is 3.12. The number of aryl methyl sites for hydroxylation is 2. The summed E-state index contributed by atoms with van der Waals surface area (Å²) in [5, 5.41) is 13.5. The van der Waals surface area contributed by atoms with E-state index in [-0.39, 0.29) is 16.2 Å². The molecule has 0 radical (unpaired) electrons. The van der Waals surface area contributed by atoms with E-state index < -0.39 is 5.56 Å². The zero-order valence-corrected chi connectivity index (χ0v) is 11.8. The van der Waals surface area contributed by atoms with E-state index in [1.165, 1.54) is 11.8 Å². The molecule has 0 saturated heterocycles. The highest BCUT2D eigenvalue weighted by Crippen LogP contribution is 2.14. The largest absolute Gasteiger partial charge is 0.494 e. The van der Waals surface area contributed by atoms with E-state index in [1.54, 1.807) is 0 Å². The Morgan fingerprint density at radius 2 is 2.05 bits per heavy atom. The van der Waals surface area contributed by atoms with Crippen molar-refractivity contribution in [3.8, 4) is 5.88 Å². The smallest absolute Gasteiger partial charge is 0.264 e. The van der Waals surface area contributed by atoms with Gasteiger partial charge in [0.05, 0.1) is 11.9 Å². The number of nitrogens with zero attached hydrogens (tertiary/aromatic N) is 1. The number of aromatic nitrogens is 2. The number of rotatable bonds is 3. The molecule has 1 aromatic carbocycles. The number of hydrogen-bond acceptors (Lipinski definition) is 5. The highest BCUT2D eigenvalue weighted by molar-refractivity contribution is 7.71. The van der Waals surface area contributed by atoms with Crippen molar-refractivity contribution in [1.29, 1.82) is 0 Å². The maximum absolute atomic E-state index is 11.6. The number of benzene rings is 1. The van der Waals surface area contributed by atoms with Crippen LogP contribution in [0.4, 0.5) is 5.69 Å². The lowest BCUT2D eigenvalue weighted by atomic mass is 10.1. The molecule has 1 heterocycles. The lowest BCUT2D eigenvalue weighted by Gasteiger charge is -2.04. The van der Waals surface area contributed by atoms with Crippen LogP contribution in [0, 0.1) is 18.6 Å². The van der Waals surface area contributed by atoms with Crippen molar-refractivity contribution >= 4 is 24.1 Å². The molecule has 20 heavy (non-hydrogen) atoms. The zero-order valence-electron chi connectivity index (χ0n) is 11.0. The Hall–Kier alpha value is -2.41. The lowest BCUT2D eigenvalue weighted by molar-refractivity contribution is 0.449. The third-order valence-electron chi connectivity index (χ3n) is 2.85. The second kappa shape index (κ2) is 5.70. The zero-order chi connectivity index (χ0) is 14.7. The van der Waals surface area contributed by atoms with Crippen LogP contribution in [0.15, 0.2) is 28.1 Å². The maximum Gasteiger partial charge on any atom is 0.264 e. The molecule has 0 amide bonds. The van der Waals surface area contributed by atoms with Gasteiger partial charge >= 0.3 is 0 Å². The Morgan fingerprint density at radius 3 is 2.70 bits per heavy atom. The van der Waals surface area contributed by atoms with Gasteiger partial charge in [-0.15, -0.1) is 0 Å². The van der Waals surface area contributed by atoms with Crippen LogP contribution in [-0.2, 0) is 0 Å². The predicted molar refractivity (Wildman–Crippen MR) is 81.0 cm³/mol. The van der Waals surface area contributed by atoms with Gasteiger partial charge in [-0.1, -0.05) is 6.07 Å². The number of H-pyrrole nitrogens is 2. The van der Waals surface area contributed by atoms with Crippen LogP contribution in [0.1, 0.15) is 16.7 Å². The van der Waals surface area contributed by atoms with Crippen LogP contribution in [0.25, 0.3) is 0 Å². The standard InChI is InChI=1S/C13H14N4O2S/c1-7-3-4-9(5-8(7)2)17-14-6-10-11(18)15-13(20)16-12(10)19/h3-6,17H,1-2H3,(H3,15,16,18,19,20). The monoisotopic (exact) mass is 290 g/mol. The van der Waals surface area contributed by atoms with Crippen molar-refractivity contribution in [2.75, 3.05) is 5.43 Å². The minimum absolute atomic E-state index is 0.00920. The van der Waals surface area contributed by atoms with E-state index in [9.17, 15) is 9.90 Å². The summed E-state index contributed by atoms with van der Waals surface area (Å²) in [6.45, 7) is 4.02. The maximum atomic E-state index is 11.6. The Kier molecular flexibility index (Phi) is 3.99. The average Bonchev–Trinajstić information content (AvgIpc) is 2.36. The van der Waals surface area contributed by atoms with Gasteiger partial charge in [0, 0.05) is 0 Å². The van der Waals surface area contributed by atoms with Crippen molar-refractivity contribution in [2.45, 2.75) is 13.8 Å². The van der Waals surface area contributed by atoms with Gasteiger partial charge in [0.25, 0.3) is 5.56 Å². The van der Waals surface area contributed by atoms with E-state index in [2.05, 4.69) is 20.5 Å². The van der Waals surface area contributed by atoms with Crippen molar-refractivity contribution in [3.63, 3.8) is 0 Å². The van der Waals surface area contributed by atoms with Gasteiger partial charge < -0.3 is 10.1 Å². The summed E-state index contributed by atoms with van der Waals surface area (Å²) in [5.41, 5.74) is 5.42. The first-order chi connectivity index (χ1) is 9.47. The van der Waals surface area contributed by atoms with Crippen molar-refractivity contribution in [2.24, 2.45) is 5.10 Å². The van der Waals surface area contributed by atoms with Crippen LogP contribution in [0.2, 0.25) is 0 Å². The first-order valence-electron chi connectivity index (χ1n) is 5.89. The van der Waals surface area contributed by atoms with Gasteiger partial charge in [0.2, 0.25) is 5.88 Å². The van der Waals surface area contributed by atoms with E-state index in [0.717, 1.165) is 11.3 Å². The SMILES string of the molecule is Cc1ccc(NN=Cc2c(O)[nH]c(=S)[nH]c2=O)cc1C. The molecular weight excluding hydrogens is 276 g/mol. The Bertz CT molecular complexity index is 777. The van der Waals surface area contributed by atoms with Gasteiger partial charge in [0.15, 0.2) is 4.77 Å². The number of aromatic hydroxyl groups is 1. The van der Waals surface area contributed by atoms with Crippen LogP contribution >= 0.6 is 12.2 Å². The number of hydrazone groups is 1. The summed E-state index contributed by atoms with van der Waals surface area (Å²) in [5.74, 6) is -0.315. The highest BCUT2D eigenvalue weighted by atomic mass is 32.1. The first-order valence-corrected chi connectivity index (χ1v) is 6.30. The molecule has 1 aromatic heterocycles. The molecule has 4 N–H and O–H groups in total. The number of hydrogen-bond donors (Lipinski definition) is 4. The minimum atomic E-state index is -0.503. The molecule has 104 valence electrons. The normalized spacial score (nSPS) is 10.9. The fourth-order valence-corrected chi connectivity index (χ4v) is 1.78. The van der Waals surface area contributed by atoms with Crippen LogP contribution < -0.4 is 11.0 Å². The number of aromatic amines is 2. The fraction of sp³-hybridized carbons (Fsp3) is 0.154. The quantitative estimate of drug-likeness (QED) is 0.396. The van der Waals surface area contributed by atoms with Gasteiger partial charge in [-0.3, -0.25) is 15.2 Å². The minimum Gasteiger partial charge on any atom is -0.494 e. The average molecular weight is 290 g/mol. The molecule has 0 bridgehead atoms. The molecule has 0 spiro atoms. The number of nitrogens with one attached hydrogen (secondary N) is 3. The Labute approximate surface area is 120 Å². The predicted octanol–water partition coefficient (Wildman–Crippen LogP) is 2.20. The lowest BCUT2D eigenvalue weighted by Crippen LogP contribution is -2.14. The van der Waals surface area contributed by atoms with Crippen LogP contribution in [-0.4, -0.2) is 21.3 Å². The molecule has 0 atom stereocenters. The summed E-state index contributed by atoms with van der Waals surface area (Å²) in [4.78, 5) is 16.4. The van der Waals surface area contributed by atoms with Gasteiger partial charge in [-0.05, 0) is 49.3 Å². The molecule has 2 rings (SSSR count). The van der Waals surface area contributed by atoms with E-state index in [4.69, 9.17) is 12.2 Å². The third-order valence-corrected chi connectivity index (χ3v) is 3.06.